The first kappa shape index (κ1) is 17.4. The molecule has 3 heterocycles. The highest BCUT2D eigenvalue weighted by Gasteiger charge is 2.36. The summed E-state index contributed by atoms with van der Waals surface area (Å²) in [6.07, 6.45) is 3.96. The predicted molar refractivity (Wildman–Crippen MR) is 106 cm³/mol. The minimum atomic E-state index is -0.178. The predicted octanol–water partition coefficient (Wildman–Crippen LogP) is 3.50. The normalized spacial score (nSPS) is 17.5. The minimum absolute atomic E-state index is 0.0248. The van der Waals surface area contributed by atoms with E-state index in [0.29, 0.717) is 18.8 Å². The number of hydrogen-bond acceptors (Lipinski definition) is 5. The van der Waals surface area contributed by atoms with E-state index in [4.69, 9.17) is 4.98 Å². The second-order valence-corrected chi connectivity index (χ2v) is 7.88. The zero-order valence-corrected chi connectivity index (χ0v) is 15.8. The van der Waals surface area contributed by atoms with Gasteiger partial charge in [0.05, 0.1) is 11.6 Å². The van der Waals surface area contributed by atoms with E-state index in [1.807, 2.05) is 41.3 Å². The van der Waals surface area contributed by atoms with Crippen molar-refractivity contribution in [3.63, 3.8) is 0 Å². The zero-order valence-electron chi connectivity index (χ0n) is 15.8. The summed E-state index contributed by atoms with van der Waals surface area (Å²) in [5.41, 5.74) is 1.55. The van der Waals surface area contributed by atoms with E-state index in [1.54, 1.807) is 12.4 Å². The van der Waals surface area contributed by atoms with Crippen molar-refractivity contribution in [2.45, 2.75) is 38.8 Å². The molecule has 1 amide bonds. The number of nitrogens with zero attached hydrogens (tertiary/aromatic N) is 4. The van der Waals surface area contributed by atoms with Gasteiger partial charge in [0.1, 0.15) is 5.82 Å². The van der Waals surface area contributed by atoms with Gasteiger partial charge in [0.25, 0.3) is 0 Å². The van der Waals surface area contributed by atoms with Crippen molar-refractivity contribution in [3.05, 3.63) is 48.8 Å². The third-order valence-electron chi connectivity index (χ3n) is 4.80. The molecule has 0 aliphatic carbocycles. The van der Waals surface area contributed by atoms with Crippen molar-refractivity contribution >= 4 is 22.6 Å². The largest absolute Gasteiger partial charge is 0.364 e. The van der Waals surface area contributed by atoms with E-state index in [-0.39, 0.29) is 17.5 Å². The van der Waals surface area contributed by atoms with E-state index in [0.717, 1.165) is 22.3 Å². The fourth-order valence-electron chi connectivity index (χ4n) is 3.46. The lowest BCUT2D eigenvalue weighted by Gasteiger charge is -2.32. The van der Waals surface area contributed by atoms with E-state index in [2.05, 4.69) is 36.1 Å². The SMILES string of the molecule is CC(C)(C)N1CC(Nc2nc(-c3cccnc3)nc3ccccc23)CC1=O. The molecule has 1 aliphatic heterocycles. The minimum Gasteiger partial charge on any atom is -0.364 e. The first-order valence-electron chi connectivity index (χ1n) is 9.16. The van der Waals surface area contributed by atoms with Crippen LogP contribution >= 0.6 is 0 Å². The van der Waals surface area contributed by atoms with Crippen LogP contribution in [0.3, 0.4) is 0 Å². The Morgan fingerprint density at radius 2 is 1.93 bits per heavy atom. The second kappa shape index (κ2) is 6.61. The molecule has 1 N–H and O–H groups in total. The molecule has 3 aromatic rings. The number of nitrogens with one attached hydrogen (secondary N) is 1. The topological polar surface area (TPSA) is 71.0 Å². The number of fused-ring (bicyclic) bond motifs is 1. The molecule has 1 unspecified atom stereocenters. The number of hydrogen-bond donors (Lipinski definition) is 1. The summed E-state index contributed by atoms with van der Waals surface area (Å²) in [6.45, 7) is 6.86. The Bertz CT molecular complexity index is 981. The number of benzene rings is 1. The van der Waals surface area contributed by atoms with Crippen molar-refractivity contribution in [1.29, 1.82) is 0 Å². The number of carbonyl (C=O) groups is 1. The molecular weight excluding hydrogens is 338 g/mol. The Kier molecular flexibility index (Phi) is 4.26. The monoisotopic (exact) mass is 361 g/mol. The molecular formula is C21H23N5O. The highest BCUT2D eigenvalue weighted by atomic mass is 16.2. The molecule has 6 nitrogen and oxygen atoms in total. The Hall–Kier alpha value is -3.02. The highest BCUT2D eigenvalue weighted by molar-refractivity contribution is 5.91. The molecule has 1 saturated heterocycles. The number of likely N-dealkylation sites (tertiary alicyclic amines) is 1. The molecule has 0 saturated carbocycles. The third kappa shape index (κ3) is 3.47. The van der Waals surface area contributed by atoms with Crippen LogP contribution in [-0.2, 0) is 4.79 Å². The molecule has 2 aromatic heterocycles. The molecule has 138 valence electrons. The van der Waals surface area contributed by atoms with Crippen molar-refractivity contribution in [2.75, 3.05) is 11.9 Å². The van der Waals surface area contributed by atoms with Gasteiger partial charge in [-0.1, -0.05) is 12.1 Å². The maximum absolute atomic E-state index is 12.4. The van der Waals surface area contributed by atoms with Gasteiger partial charge >= 0.3 is 0 Å². The van der Waals surface area contributed by atoms with Crippen LogP contribution in [0.4, 0.5) is 5.82 Å². The van der Waals surface area contributed by atoms with Crippen LogP contribution in [0.2, 0.25) is 0 Å². The number of aromatic nitrogens is 3. The van der Waals surface area contributed by atoms with Crippen LogP contribution in [0.15, 0.2) is 48.8 Å². The number of rotatable bonds is 3. The van der Waals surface area contributed by atoms with Crippen LogP contribution in [-0.4, -0.2) is 43.9 Å². The first-order valence-corrected chi connectivity index (χ1v) is 9.16. The summed E-state index contributed by atoms with van der Waals surface area (Å²) < 4.78 is 0. The molecule has 6 heteroatoms. The number of pyridine rings is 1. The molecule has 1 aromatic carbocycles. The van der Waals surface area contributed by atoms with Crippen molar-refractivity contribution in [1.82, 2.24) is 19.9 Å². The van der Waals surface area contributed by atoms with Gasteiger partial charge in [-0.25, -0.2) is 9.97 Å². The van der Waals surface area contributed by atoms with E-state index in [1.165, 1.54) is 0 Å². The lowest BCUT2D eigenvalue weighted by atomic mass is 10.1. The zero-order chi connectivity index (χ0) is 19.0. The van der Waals surface area contributed by atoms with Gasteiger partial charge in [0.2, 0.25) is 5.91 Å². The second-order valence-electron chi connectivity index (χ2n) is 7.88. The standard InChI is InChI=1S/C21H23N5O/c1-21(2,3)26-13-15(11-18(26)27)23-20-16-8-4-5-9-17(16)24-19(25-20)14-7-6-10-22-12-14/h4-10,12,15H,11,13H2,1-3H3,(H,23,24,25). The lowest BCUT2D eigenvalue weighted by Crippen LogP contribution is -2.43. The van der Waals surface area contributed by atoms with Gasteiger partial charge in [-0.3, -0.25) is 9.78 Å². The Balaban J connectivity index is 1.70. The lowest BCUT2D eigenvalue weighted by molar-refractivity contribution is -0.131. The molecule has 1 fully saturated rings. The molecule has 0 spiro atoms. The number of carbonyl (C=O) groups excluding carboxylic acids is 1. The van der Waals surface area contributed by atoms with Crippen molar-refractivity contribution < 1.29 is 4.79 Å². The van der Waals surface area contributed by atoms with Crippen LogP contribution in [0.25, 0.3) is 22.3 Å². The molecule has 0 bridgehead atoms. The number of amides is 1. The van der Waals surface area contributed by atoms with Crippen molar-refractivity contribution in [3.8, 4) is 11.4 Å². The molecule has 0 radical (unpaired) electrons. The van der Waals surface area contributed by atoms with Crippen LogP contribution < -0.4 is 5.32 Å². The van der Waals surface area contributed by atoms with Crippen LogP contribution in [0.5, 0.6) is 0 Å². The molecule has 27 heavy (non-hydrogen) atoms. The summed E-state index contributed by atoms with van der Waals surface area (Å²) >= 11 is 0. The smallest absolute Gasteiger partial charge is 0.225 e. The third-order valence-corrected chi connectivity index (χ3v) is 4.80. The fourth-order valence-corrected chi connectivity index (χ4v) is 3.46. The average Bonchev–Trinajstić information content (AvgIpc) is 3.03. The maximum atomic E-state index is 12.4. The summed E-state index contributed by atoms with van der Waals surface area (Å²) in [7, 11) is 0. The van der Waals surface area contributed by atoms with Crippen LogP contribution in [0, 0.1) is 0 Å². The van der Waals surface area contributed by atoms with Gasteiger partial charge in [-0.2, -0.15) is 0 Å². The van der Waals surface area contributed by atoms with Gasteiger partial charge in [0, 0.05) is 41.8 Å². The van der Waals surface area contributed by atoms with E-state index >= 15 is 0 Å². The number of anilines is 1. The Morgan fingerprint density at radius 1 is 1.11 bits per heavy atom. The van der Waals surface area contributed by atoms with Crippen LogP contribution in [0.1, 0.15) is 27.2 Å². The van der Waals surface area contributed by atoms with E-state index < -0.39 is 0 Å². The van der Waals surface area contributed by atoms with Gasteiger partial charge in [-0.05, 0) is 45.0 Å². The Labute approximate surface area is 158 Å². The molecule has 1 atom stereocenters. The summed E-state index contributed by atoms with van der Waals surface area (Å²) in [5.74, 6) is 1.56. The maximum Gasteiger partial charge on any atom is 0.225 e. The highest BCUT2D eigenvalue weighted by Crippen LogP contribution is 2.28. The van der Waals surface area contributed by atoms with Crippen molar-refractivity contribution in [2.24, 2.45) is 0 Å². The van der Waals surface area contributed by atoms with Gasteiger partial charge in [0.15, 0.2) is 5.82 Å². The summed E-state index contributed by atoms with van der Waals surface area (Å²) in [5, 5.41) is 4.44. The molecule has 1 aliphatic rings. The van der Waals surface area contributed by atoms with Gasteiger partial charge < -0.3 is 10.2 Å². The quantitative estimate of drug-likeness (QED) is 0.773. The average molecular weight is 361 g/mol. The van der Waals surface area contributed by atoms with Gasteiger partial charge in [-0.15, -0.1) is 0 Å². The molecule has 4 rings (SSSR count). The summed E-state index contributed by atoms with van der Waals surface area (Å²) in [6, 6.07) is 11.8. The van der Waals surface area contributed by atoms with E-state index in [9.17, 15) is 4.79 Å². The summed E-state index contributed by atoms with van der Waals surface area (Å²) in [4.78, 5) is 28.0. The first-order chi connectivity index (χ1) is 12.9. The number of para-hydroxylation sites is 1. The fraction of sp³-hybridized carbons (Fsp3) is 0.333. The Morgan fingerprint density at radius 3 is 2.63 bits per heavy atom.